The highest BCUT2D eigenvalue weighted by atomic mass is 14.9. The standard InChI is InChI=1S/C18H23N3/c1-2-14(19)12-15-10-11-20-18(21-15)17-9-5-7-13-6-3-4-8-16(13)17/h3-4,6,8,10-11,14,17H,2,5,7,9,12,19H2,1H3. The summed E-state index contributed by atoms with van der Waals surface area (Å²) in [7, 11) is 0. The van der Waals surface area contributed by atoms with E-state index in [-0.39, 0.29) is 6.04 Å². The lowest BCUT2D eigenvalue weighted by Gasteiger charge is -2.24. The van der Waals surface area contributed by atoms with Gasteiger partial charge >= 0.3 is 0 Å². The lowest BCUT2D eigenvalue weighted by atomic mass is 9.82. The van der Waals surface area contributed by atoms with Crippen molar-refractivity contribution in [2.24, 2.45) is 5.73 Å². The molecule has 2 N–H and O–H groups in total. The van der Waals surface area contributed by atoms with Gasteiger partial charge in [0.2, 0.25) is 0 Å². The Morgan fingerprint density at radius 1 is 1.29 bits per heavy atom. The molecule has 0 saturated heterocycles. The molecule has 2 unspecified atom stereocenters. The summed E-state index contributed by atoms with van der Waals surface area (Å²) in [5.41, 5.74) is 9.97. The van der Waals surface area contributed by atoms with Crippen LogP contribution < -0.4 is 5.73 Å². The molecule has 21 heavy (non-hydrogen) atoms. The molecular weight excluding hydrogens is 258 g/mol. The van der Waals surface area contributed by atoms with Gasteiger partial charge in [0.05, 0.1) is 0 Å². The summed E-state index contributed by atoms with van der Waals surface area (Å²) in [4.78, 5) is 9.34. The maximum atomic E-state index is 6.05. The van der Waals surface area contributed by atoms with Crippen molar-refractivity contribution >= 4 is 0 Å². The number of hydrogen-bond donors (Lipinski definition) is 1. The Hall–Kier alpha value is -1.74. The van der Waals surface area contributed by atoms with Gasteiger partial charge in [-0.25, -0.2) is 9.97 Å². The van der Waals surface area contributed by atoms with Gasteiger partial charge in [0.15, 0.2) is 0 Å². The Balaban J connectivity index is 1.89. The van der Waals surface area contributed by atoms with E-state index in [1.165, 1.54) is 24.0 Å². The van der Waals surface area contributed by atoms with Crippen LogP contribution in [0, 0.1) is 0 Å². The van der Waals surface area contributed by atoms with Crippen LogP contribution in [0.4, 0.5) is 0 Å². The molecule has 0 saturated carbocycles. The number of hydrogen-bond acceptors (Lipinski definition) is 3. The second-order valence-electron chi connectivity index (χ2n) is 5.92. The molecule has 1 aromatic heterocycles. The maximum absolute atomic E-state index is 6.05. The van der Waals surface area contributed by atoms with Crippen molar-refractivity contribution in [3.8, 4) is 0 Å². The van der Waals surface area contributed by atoms with E-state index >= 15 is 0 Å². The summed E-state index contributed by atoms with van der Waals surface area (Å²) in [6.07, 6.45) is 7.22. The predicted molar refractivity (Wildman–Crippen MR) is 85.2 cm³/mol. The lowest BCUT2D eigenvalue weighted by Crippen LogP contribution is -2.22. The van der Waals surface area contributed by atoms with E-state index in [2.05, 4.69) is 36.2 Å². The van der Waals surface area contributed by atoms with Crippen LogP contribution in [0.3, 0.4) is 0 Å². The molecule has 0 amide bonds. The number of fused-ring (bicyclic) bond motifs is 1. The number of aromatic nitrogens is 2. The van der Waals surface area contributed by atoms with Crippen LogP contribution in [-0.4, -0.2) is 16.0 Å². The van der Waals surface area contributed by atoms with E-state index in [0.29, 0.717) is 5.92 Å². The van der Waals surface area contributed by atoms with Crippen molar-refractivity contribution in [1.29, 1.82) is 0 Å². The van der Waals surface area contributed by atoms with Crippen molar-refractivity contribution in [3.63, 3.8) is 0 Å². The minimum absolute atomic E-state index is 0.186. The summed E-state index contributed by atoms with van der Waals surface area (Å²) in [6.45, 7) is 2.12. The summed E-state index contributed by atoms with van der Waals surface area (Å²) >= 11 is 0. The third-order valence-electron chi connectivity index (χ3n) is 4.41. The lowest BCUT2D eigenvalue weighted by molar-refractivity contribution is 0.580. The normalized spacial score (nSPS) is 19.0. The van der Waals surface area contributed by atoms with Crippen LogP contribution in [0.2, 0.25) is 0 Å². The zero-order chi connectivity index (χ0) is 14.7. The number of nitrogens with zero attached hydrogens (tertiary/aromatic N) is 2. The Morgan fingerprint density at radius 2 is 2.14 bits per heavy atom. The van der Waals surface area contributed by atoms with E-state index in [1.807, 2.05) is 12.3 Å². The molecule has 1 heterocycles. The third-order valence-corrected chi connectivity index (χ3v) is 4.41. The molecule has 110 valence electrons. The fraction of sp³-hybridized carbons (Fsp3) is 0.444. The first-order chi connectivity index (χ1) is 10.3. The quantitative estimate of drug-likeness (QED) is 0.936. The van der Waals surface area contributed by atoms with Crippen LogP contribution in [-0.2, 0) is 12.8 Å². The average Bonchev–Trinajstić information content (AvgIpc) is 2.54. The van der Waals surface area contributed by atoms with Gasteiger partial charge in [-0.15, -0.1) is 0 Å². The highest BCUT2D eigenvalue weighted by molar-refractivity contribution is 5.36. The summed E-state index contributed by atoms with van der Waals surface area (Å²) in [6, 6.07) is 10.9. The van der Waals surface area contributed by atoms with Crippen molar-refractivity contribution < 1.29 is 0 Å². The SMILES string of the molecule is CCC(N)Cc1ccnc(C2CCCc3ccccc32)n1. The van der Waals surface area contributed by atoms with Gasteiger partial charge in [0.1, 0.15) is 5.82 Å². The highest BCUT2D eigenvalue weighted by Gasteiger charge is 2.23. The van der Waals surface area contributed by atoms with Gasteiger partial charge in [-0.3, -0.25) is 0 Å². The van der Waals surface area contributed by atoms with Crippen LogP contribution in [0.1, 0.15) is 54.7 Å². The van der Waals surface area contributed by atoms with Crippen LogP contribution >= 0.6 is 0 Å². The molecule has 3 nitrogen and oxygen atoms in total. The van der Waals surface area contributed by atoms with E-state index < -0.39 is 0 Å². The molecule has 0 radical (unpaired) electrons. The second-order valence-corrected chi connectivity index (χ2v) is 5.92. The number of benzene rings is 1. The van der Waals surface area contributed by atoms with Gasteiger partial charge in [-0.2, -0.15) is 0 Å². The first-order valence-electron chi connectivity index (χ1n) is 7.93. The number of aryl methyl sites for hydroxylation is 1. The molecule has 3 heteroatoms. The summed E-state index contributed by atoms with van der Waals surface area (Å²) in [5.74, 6) is 1.30. The zero-order valence-corrected chi connectivity index (χ0v) is 12.6. The molecule has 0 aliphatic heterocycles. The molecule has 3 rings (SSSR count). The Morgan fingerprint density at radius 3 is 3.00 bits per heavy atom. The number of rotatable bonds is 4. The average molecular weight is 281 g/mol. The molecule has 1 aromatic carbocycles. The topological polar surface area (TPSA) is 51.8 Å². The largest absolute Gasteiger partial charge is 0.327 e. The fourth-order valence-corrected chi connectivity index (χ4v) is 3.13. The highest BCUT2D eigenvalue weighted by Crippen LogP contribution is 2.34. The van der Waals surface area contributed by atoms with Gasteiger partial charge in [-0.1, -0.05) is 31.2 Å². The van der Waals surface area contributed by atoms with Crippen molar-refractivity contribution in [3.05, 3.63) is 59.2 Å². The van der Waals surface area contributed by atoms with E-state index in [9.17, 15) is 0 Å². The smallest absolute Gasteiger partial charge is 0.135 e. The molecule has 1 aliphatic rings. The first-order valence-corrected chi connectivity index (χ1v) is 7.93. The summed E-state index contributed by atoms with van der Waals surface area (Å²) < 4.78 is 0. The van der Waals surface area contributed by atoms with Crippen molar-refractivity contribution in [2.45, 2.75) is 51.0 Å². The van der Waals surface area contributed by atoms with Crippen molar-refractivity contribution in [1.82, 2.24) is 9.97 Å². The van der Waals surface area contributed by atoms with E-state index in [1.54, 1.807) is 0 Å². The molecule has 0 spiro atoms. The second kappa shape index (κ2) is 6.35. The molecule has 0 fully saturated rings. The number of nitrogens with two attached hydrogens (primary N) is 1. The Kier molecular flexibility index (Phi) is 4.30. The molecule has 1 aliphatic carbocycles. The van der Waals surface area contributed by atoms with Crippen LogP contribution in [0.5, 0.6) is 0 Å². The minimum atomic E-state index is 0.186. The Labute approximate surface area is 126 Å². The van der Waals surface area contributed by atoms with Crippen molar-refractivity contribution in [2.75, 3.05) is 0 Å². The van der Waals surface area contributed by atoms with Gasteiger partial charge in [0, 0.05) is 30.3 Å². The predicted octanol–water partition coefficient (Wildman–Crippen LogP) is 3.22. The fourth-order valence-electron chi connectivity index (χ4n) is 3.13. The molecule has 0 bridgehead atoms. The van der Waals surface area contributed by atoms with Crippen LogP contribution in [0.25, 0.3) is 0 Å². The van der Waals surface area contributed by atoms with E-state index in [0.717, 1.165) is 30.8 Å². The minimum Gasteiger partial charge on any atom is -0.327 e. The maximum Gasteiger partial charge on any atom is 0.135 e. The molecular formula is C18H23N3. The molecule has 2 aromatic rings. The van der Waals surface area contributed by atoms with Gasteiger partial charge in [-0.05, 0) is 42.9 Å². The van der Waals surface area contributed by atoms with Gasteiger partial charge in [0.25, 0.3) is 0 Å². The third kappa shape index (κ3) is 3.13. The van der Waals surface area contributed by atoms with Gasteiger partial charge < -0.3 is 5.73 Å². The monoisotopic (exact) mass is 281 g/mol. The van der Waals surface area contributed by atoms with Crippen LogP contribution in [0.15, 0.2) is 36.5 Å². The van der Waals surface area contributed by atoms with E-state index in [4.69, 9.17) is 10.7 Å². The first kappa shape index (κ1) is 14.2. The Bertz CT molecular complexity index is 609. The molecule has 2 atom stereocenters. The summed E-state index contributed by atoms with van der Waals surface area (Å²) in [5, 5.41) is 0. The zero-order valence-electron chi connectivity index (χ0n) is 12.6.